The molecule has 0 radical (unpaired) electrons. The maximum Gasteiger partial charge on any atom is 0.118 e. The van der Waals surface area contributed by atoms with Crippen molar-refractivity contribution in [1.29, 1.82) is 0 Å². The van der Waals surface area contributed by atoms with Crippen LogP contribution in [0, 0.1) is 6.92 Å². The minimum Gasteiger partial charge on any atom is -0.497 e. The smallest absolute Gasteiger partial charge is 0.118 e. The molecule has 0 bridgehead atoms. The van der Waals surface area contributed by atoms with Gasteiger partial charge < -0.3 is 9.47 Å². The van der Waals surface area contributed by atoms with Gasteiger partial charge in [0.05, 0.1) is 14.2 Å². The monoisotopic (exact) mass is 436 g/mol. The first-order valence-corrected chi connectivity index (χ1v) is 10.8. The molecule has 2 heteroatoms. The Balaban J connectivity index is 0.000000192. The zero-order valence-corrected chi connectivity index (χ0v) is 19.6. The molecule has 0 spiro atoms. The highest BCUT2D eigenvalue weighted by Crippen LogP contribution is 2.14. The van der Waals surface area contributed by atoms with E-state index in [0.29, 0.717) is 0 Å². The lowest BCUT2D eigenvalue weighted by molar-refractivity contribution is 0.414. The Hall–Kier alpha value is -4.04. The van der Waals surface area contributed by atoms with Gasteiger partial charge in [-0.25, -0.2) is 0 Å². The Labute approximate surface area is 198 Å². The largest absolute Gasteiger partial charge is 0.497 e. The van der Waals surface area contributed by atoms with Crippen molar-refractivity contribution in [2.45, 2.75) is 6.92 Å². The van der Waals surface area contributed by atoms with Crippen LogP contribution in [0.4, 0.5) is 0 Å². The third-order valence-corrected chi connectivity index (χ3v) is 4.68. The van der Waals surface area contributed by atoms with Crippen LogP contribution in [-0.2, 0) is 0 Å². The molecule has 0 amide bonds. The number of hydrogen-bond acceptors (Lipinski definition) is 2. The minimum absolute atomic E-state index is 0.886. The highest BCUT2D eigenvalue weighted by Gasteiger charge is 1.90. The average Bonchev–Trinajstić information content (AvgIpc) is 2.90. The van der Waals surface area contributed by atoms with E-state index in [1.54, 1.807) is 14.2 Å². The summed E-state index contributed by atoms with van der Waals surface area (Å²) in [6.07, 6.45) is 6.02. The summed E-state index contributed by atoms with van der Waals surface area (Å²) in [5.74, 6) is 1.80. The second-order valence-electron chi connectivity index (χ2n) is 7.15. The van der Waals surface area contributed by atoms with Crippen LogP contribution in [0.5, 0.6) is 11.5 Å². The molecule has 0 fully saturated rings. The molecular weight excluding hydrogens is 404 g/mol. The SMILES string of the molecule is C=Cc1ccccc1.COc1ccc(/C=C/c2ccccc2)cc1.COc1ccc(C)cc1. The van der Waals surface area contributed by atoms with Crippen LogP contribution in [0.3, 0.4) is 0 Å². The number of hydrogen-bond donors (Lipinski definition) is 0. The standard InChI is InChI=1S/C15H14O.C8H10O.C8H8/c1-16-15-11-9-14(10-12-15)8-7-13-5-3-2-4-6-13;1-7-3-5-8(9-2)6-4-7;1-2-8-6-4-3-5-7-8/h2-12H,1H3;3-6H,1-2H3;2-7H,1H2/b8-7+;;. The van der Waals surface area contributed by atoms with Crippen LogP contribution in [0.25, 0.3) is 18.2 Å². The van der Waals surface area contributed by atoms with Crippen LogP contribution in [0.1, 0.15) is 22.3 Å². The maximum atomic E-state index is 5.11. The van der Waals surface area contributed by atoms with Crippen LogP contribution in [-0.4, -0.2) is 14.2 Å². The number of ether oxygens (including phenoxy) is 2. The number of aryl methyl sites for hydroxylation is 1. The number of methoxy groups -OCH3 is 2. The van der Waals surface area contributed by atoms with Gasteiger partial charge >= 0.3 is 0 Å². The molecule has 0 heterocycles. The fourth-order valence-corrected chi connectivity index (χ4v) is 2.74. The topological polar surface area (TPSA) is 18.5 Å². The van der Waals surface area contributed by atoms with Gasteiger partial charge in [0, 0.05) is 0 Å². The van der Waals surface area contributed by atoms with Crippen LogP contribution in [0.15, 0.2) is 116 Å². The van der Waals surface area contributed by atoms with E-state index in [4.69, 9.17) is 9.47 Å². The summed E-state index contributed by atoms with van der Waals surface area (Å²) in [4.78, 5) is 0. The van der Waals surface area contributed by atoms with Crippen LogP contribution >= 0.6 is 0 Å². The van der Waals surface area contributed by atoms with Gasteiger partial charge in [0.15, 0.2) is 0 Å². The van der Waals surface area contributed by atoms with Crippen molar-refractivity contribution < 1.29 is 9.47 Å². The fraction of sp³-hybridized carbons (Fsp3) is 0.0968. The molecule has 0 aliphatic carbocycles. The van der Waals surface area contributed by atoms with Gasteiger partial charge in [0.25, 0.3) is 0 Å². The Kier molecular flexibility index (Phi) is 11.4. The van der Waals surface area contributed by atoms with Gasteiger partial charge in [-0.15, -0.1) is 0 Å². The molecule has 0 saturated heterocycles. The molecule has 0 unspecified atom stereocenters. The number of benzene rings is 4. The second kappa shape index (κ2) is 14.9. The van der Waals surface area contributed by atoms with Gasteiger partial charge in [0.2, 0.25) is 0 Å². The summed E-state index contributed by atoms with van der Waals surface area (Å²) in [5, 5.41) is 0. The second-order valence-corrected chi connectivity index (χ2v) is 7.15. The highest BCUT2D eigenvalue weighted by molar-refractivity contribution is 5.69. The van der Waals surface area contributed by atoms with Crippen LogP contribution in [0.2, 0.25) is 0 Å². The Morgan fingerprint density at radius 2 is 0.909 bits per heavy atom. The predicted molar refractivity (Wildman–Crippen MR) is 143 cm³/mol. The lowest BCUT2D eigenvalue weighted by atomic mass is 10.1. The molecule has 0 aromatic heterocycles. The average molecular weight is 437 g/mol. The highest BCUT2D eigenvalue weighted by atomic mass is 16.5. The van der Waals surface area contributed by atoms with E-state index in [1.807, 2.05) is 103 Å². The van der Waals surface area contributed by atoms with E-state index in [2.05, 4.69) is 37.8 Å². The lowest BCUT2D eigenvalue weighted by Gasteiger charge is -1.99. The van der Waals surface area contributed by atoms with Crippen molar-refractivity contribution in [3.05, 3.63) is 138 Å². The summed E-state index contributed by atoms with van der Waals surface area (Å²) in [6.45, 7) is 5.69. The van der Waals surface area contributed by atoms with Crippen molar-refractivity contribution in [1.82, 2.24) is 0 Å². The molecular formula is C31H32O2. The minimum atomic E-state index is 0.886. The molecule has 0 aliphatic heterocycles. The molecule has 0 atom stereocenters. The fourth-order valence-electron chi connectivity index (χ4n) is 2.74. The van der Waals surface area contributed by atoms with Crippen molar-refractivity contribution in [3.63, 3.8) is 0 Å². The third kappa shape index (κ3) is 10.2. The van der Waals surface area contributed by atoms with Gasteiger partial charge in [-0.05, 0) is 47.9 Å². The normalized spacial score (nSPS) is 9.67. The molecule has 4 rings (SSSR count). The zero-order valence-electron chi connectivity index (χ0n) is 19.6. The third-order valence-electron chi connectivity index (χ3n) is 4.68. The summed E-state index contributed by atoms with van der Waals surface area (Å²) in [5.41, 5.74) is 4.81. The summed E-state index contributed by atoms with van der Waals surface area (Å²) in [6, 6.07) is 36.3. The molecule has 0 saturated carbocycles. The van der Waals surface area contributed by atoms with Gasteiger partial charge in [-0.3, -0.25) is 0 Å². The Morgan fingerprint density at radius 3 is 1.30 bits per heavy atom. The Morgan fingerprint density at radius 1 is 0.515 bits per heavy atom. The molecule has 4 aromatic carbocycles. The van der Waals surface area contributed by atoms with E-state index in [1.165, 1.54) is 22.3 Å². The molecule has 2 nitrogen and oxygen atoms in total. The molecule has 0 N–H and O–H groups in total. The number of rotatable bonds is 5. The Bertz CT molecular complexity index is 1070. The summed E-state index contributed by atoms with van der Waals surface area (Å²) < 4.78 is 10.1. The quantitative estimate of drug-likeness (QED) is 0.294. The van der Waals surface area contributed by atoms with E-state index in [9.17, 15) is 0 Å². The van der Waals surface area contributed by atoms with Crippen molar-refractivity contribution in [2.24, 2.45) is 0 Å². The molecule has 0 aliphatic rings. The lowest BCUT2D eigenvalue weighted by Crippen LogP contribution is -1.81. The maximum absolute atomic E-state index is 5.11. The summed E-state index contributed by atoms with van der Waals surface area (Å²) >= 11 is 0. The molecule has 4 aromatic rings. The predicted octanol–water partition coefficient (Wildman–Crippen LogP) is 8.20. The van der Waals surface area contributed by atoms with Gasteiger partial charge in [-0.2, -0.15) is 0 Å². The van der Waals surface area contributed by atoms with E-state index in [-0.39, 0.29) is 0 Å². The first-order valence-electron chi connectivity index (χ1n) is 10.8. The van der Waals surface area contributed by atoms with E-state index >= 15 is 0 Å². The van der Waals surface area contributed by atoms with Crippen LogP contribution < -0.4 is 9.47 Å². The molecule has 168 valence electrons. The van der Waals surface area contributed by atoms with Gasteiger partial charge in [0.1, 0.15) is 11.5 Å². The van der Waals surface area contributed by atoms with E-state index < -0.39 is 0 Å². The first-order chi connectivity index (χ1) is 16.1. The van der Waals surface area contributed by atoms with Crippen molar-refractivity contribution >= 4 is 18.2 Å². The van der Waals surface area contributed by atoms with E-state index in [0.717, 1.165) is 11.5 Å². The van der Waals surface area contributed by atoms with Gasteiger partial charge in [-0.1, -0.05) is 115 Å². The zero-order chi connectivity index (χ0) is 23.7. The van der Waals surface area contributed by atoms with Crippen molar-refractivity contribution in [2.75, 3.05) is 14.2 Å². The van der Waals surface area contributed by atoms with Crippen molar-refractivity contribution in [3.8, 4) is 11.5 Å². The first kappa shape index (κ1) is 25.2. The summed E-state index contributed by atoms with van der Waals surface area (Å²) in [7, 11) is 3.35. The molecule has 33 heavy (non-hydrogen) atoms.